The predicted octanol–water partition coefficient (Wildman–Crippen LogP) is 17.0. The minimum absolute atomic E-state index is 0.237. The first-order chi connectivity index (χ1) is 47.5. The zero-order valence-electron chi connectivity index (χ0n) is 62.6. The molecule has 2 fully saturated rings. The van der Waals surface area contributed by atoms with Gasteiger partial charge >= 0.3 is 11.4 Å². The van der Waals surface area contributed by atoms with E-state index in [1.807, 2.05) is 182 Å². The molecule has 0 saturated carbocycles. The SMILES string of the molecule is CC.CC.CC.CC.CC.CC.CCCCCCc1cc(C)cc2c1[C@@]1(OC2)[C@@H](CO)O[C@@H](n2ccc(=O)[nH]c2=O)[C@@H]1O.CCCCCl.CCCCCl.Cc1cc2c(c(-c3ccccc3)c1)[C@@]1(OC2)[C@@H](CO)O[C@@H](n2ccc(=O)[nH]c2=O)[C@@H]1O.Cc1ccccc1.Cc1ccccc1. The maximum atomic E-state index is 12.4. The summed E-state index contributed by atoms with van der Waals surface area (Å²) in [6, 6.07) is 40.8. The number of halogens is 2. The van der Waals surface area contributed by atoms with Crippen molar-refractivity contribution in [3.05, 3.63) is 232 Å². The van der Waals surface area contributed by atoms with Crippen LogP contribution in [0.15, 0.2) is 159 Å². The Morgan fingerprint density at radius 2 is 0.837 bits per heavy atom. The number of fused-ring (bicyclic) bond motifs is 4. The lowest BCUT2D eigenvalue weighted by Gasteiger charge is -2.33. The average molecular weight is 1400 g/mol. The maximum Gasteiger partial charge on any atom is 0.330 e. The number of benzene rings is 5. The molecule has 6 N–H and O–H groups in total. The van der Waals surface area contributed by atoms with Crippen LogP contribution in [0.5, 0.6) is 0 Å². The molecule has 98 heavy (non-hydrogen) atoms. The second-order valence-corrected chi connectivity index (χ2v) is 22.6. The summed E-state index contributed by atoms with van der Waals surface area (Å²) < 4.78 is 26.6. The molecule has 6 heterocycles. The van der Waals surface area contributed by atoms with Gasteiger partial charge in [-0.25, -0.2) is 9.59 Å². The van der Waals surface area contributed by atoms with Crippen molar-refractivity contribution in [2.75, 3.05) is 25.0 Å². The number of alkyl halides is 2. The number of H-pyrrole nitrogens is 2. The second-order valence-electron chi connectivity index (χ2n) is 21.9. The van der Waals surface area contributed by atoms with Gasteiger partial charge in [-0.3, -0.25) is 28.7 Å². The summed E-state index contributed by atoms with van der Waals surface area (Å²) >= 11 is 10.6. The number of rotatable bonds is 14. The predicted molar refractivity (Wildman–Crippen MR) is 407 cm³/mol. The molecule has 548 valence electrons. The van der Waals surface area contributed by atoms with Crippen LogP contribution in [0.4, 0.5) is 0 Å². The Hall–Kier alpha value is -6.28. The number of nitrogens with zero attached hydrogens (tertiary/aromatic N) is 2. The fourth-order valence-corrected chi connectivity index (χ4v) is 11.7. The van der Waals surface area contributed by atoms with Crippen LogP contribution in [0, 0.1) is 27.7 Å². The molecule has 8 atom stereocenters. The van der Waals surface area contributed by atoms with Crippen molar-refractivity contribution in [3.8, 4) is 11.1 Å². The van der Waals surface area contributed by atoms with Crippen molar-refractivity contribution < 1.29 is 39.4 Å². The minimum atomic E-state index is -1.37. The maximum absolute atomic E-state index is 12.4. The van der Waals surface area contributed by atoms with Gasteiger partial charge in [0.15, 0.2) is 23.7 Å². The highest BCUT2D eigenvalue weighted by Gasteiger charge is 2.64. The van der Waals surface area contributed by atoms with E-state index in [4.69, 9.17) is 42.1 Å². The fourth-order valence-electron chi connectivity index (χ4n) is 11.2. The molecule has 18 heteroatoms. The lowest BCUT2D eigenvalue weighted by molar-refractivity contribution is -0.135. The first-order valence-corrected chi connectivity index (χ1v) is 36.8. The van der Waals surface area contributed by atoms with Gasteiger partial charge in [0.25, 0.3) is 11.1 Å². The minimum Gasteiger partial charge on any atom is -0.394 e. The molecule has 2 saturated heterocycles. The summed E-state index contributed by atoms with van der Waals surface area (Å²) in [6.45, 7) is 38.3. The summed E-state index contributed by atoms with van der Waals surface area (Å²) in [6.07, 6.45) is 6.01. The Labute approximate surface area is 596 Å². The molecule has 5 aromatic carbocycles. The first-order valence-electron chi connectivity index (χ1n) is 35.8. The molecule has 16 nitrogen and oxygen atoms in total. The van der Waals surface area contributed by atoms with E-state index in [1.54, 1.807) is 0 Å². The number of nitrogens with one attached hydrogen (secondary N) is 2. The summed E-state index contributed by atoms with van der Waals surface area (Å²) in [5.74, 6) is 1.63. The Morgan fingerprint density at radius 1 is 0.469 bits per heavy atom. The van der Waals surface area contributed by atoms with Gasteiger partial charge in [-0.05, 0) is 86.8 Å². The van der Waals surface area contributed by atoms with Crippen molar-refractivity contribution in [1.82, 2.24) is 19.1 Å². The number of unbranched alkanes of at least 4 members (excludes halogenated alkanes) is 5. The molecule has 4 aliphatic heterocycles. The molecular formula is C80H122Cl2N4O12. The van der Waals surface area contributed by atoms with Gasteiger partial charge in [0, 0.05) is 41.8 Å². The fraction of sp³-hybridized carbons (Fsp3) is 0.525. The van der Waals surface area contributed by atoms with E-state index < -0.39 is 77.2 Å². The van der Waals surface area contributed by atoms with Crippen LogP contribution in [0.2, 0.25) is 0 Å². The first kappa shape index (κ1) is 91.7. The summed E-state index contributed by atoms with van der Waals surface area (Å²) in [4.78, 5) is 52.0. The van der Waals surface area contributed by atoms with Crippen molar-refractivity contribution >= 4 is 23.2 Å². The molecule has 4 aliphatic rings. The normalized spacial score (nSPS) is 19.6. The van der Waals surface area contributed by atoms with Gasteiger partial charge in [0.05, 0.1) is 26.4 Å². The molecule has 0 radical (unpaired) electrons. The third kappa shape index (κ3) is 25.7. The smallest absolute Gasteiger partial charge is 0.330 e. The molecule has 0 bridgehead atoms. The summed E-state index contributed by atoms with van der Waals surface area (Å²) in [7, 11) is 0. The number of aryl methyl sites for hydroxylation is 5. The molecule has 0 unspecified atom stereocenters. The van der Waals surface area contributed by atoms with Crippen LogP contribution in [-0.2, 0) is 49.8 Å². The molecule has 7 aromatic rings. The largest absolute Gasteiger partial charge is 0.394 e. The van der Waals surface area contributed by atoms with E-state index in [0.29, 0.717) is 6.61 Å². The molecular weight excluding hydrogens is 1280 g/mol. The van der Waals surface area contributed by atoms with Crippen LogP contribution in [0.25, 0.3) is 11.1 Å². The Balaban J connectivity index is 0.00000129. The average Bonchev–Trinajstić information content (AvgIpc) is 1.53. The van der Waals surface area contributed by atoms with Crippen molar-refractivity contribution in [2.24, 2.45) is 0 Å². The van der Waals surface area contributed by atoms with E-state index in [1.165, 1.54) is 48.5 Å². The van der Waals surface area contributed by atoms with Crippen molar-refractivity contribution in [3.63, 3.8) is 0 Å². The van der Waals surface area contributed by atoms with E-state index in [-0.39, 0.29) is 13.2 Å². The molecule has 2 spiro atoms. The van der Waals surface area contributed by atoms with Crippen molar-refractivity contribution in [1.29, 1.82) is 0 Å². The van der Waals surface area contributed by atoms with E-state index in [2.05, 4.69) is 74.9 Å². The number of hydrogen-bond acceptors (Lipinski definition) is 12. The van der Waals surface area contributed by atoms with Crippen molar-refractivity contribution in [2.45, 2.75) is 251 Å². The third-order valence-electron chi connectivity index (χ3n) is 15.3. The molecule has 2 aromatic heterocycles. The standard InChI is InChI=1S/C23H22N2O6.C23H30N2O6.2C7H8.2C4H9Cl.6C2H6/c1-13-9-15-12-30-23(19(15)16(10-13)14-5-3-2-4-6-14)17(11-26)31-21(20(23)28)25-8-7-18(27)24-22(25)29;1-3-4-5-6-7-15-10-14(2)11-16-13-30-23(19(15)16)17(12-26)31-21(20(23)28)25-9-8-18(27)24-22(25)29;2*1-7-5-3-2-4-6-7;2*1-2-3-4-5;6*1-2/h2-10,17,20-21,26,28H,11-12H2,1H3,(H,24,27,29);8-11,17,20-21,26,28H,3-7,12-13H2,1-2H3,(H,24,27,29);2*2-6H,1H3;2*2-4H2,1H3;6*1-2H3/t2*17-,20+,21-,23+;;;;;;;;;;/m11........../s1. The van der Waals surface area contributed by atoms with Gasteiger partial charge in [0.2, 0.25) is 0 Å². The van der Waals surface area contributed by atoms with Crippen LogP contribution >= 0.6 is 23.2 Å². The summed E-state index contributed by atoms with van der Waals surface area (Å²) in [5, 5.41) is 43.2. The monoisotopic (exact) mass is 1400 g/mol. The van der Waals surface area contributed by atoms with Crippen LogP contribution in [0.1, 0.15) is 218 Å². The highest BCUT2D eigenvalue weighted by molar-refractivity contribution is 6.18. The van der Waals surface area contributed by atoms with Crippen LogP contribution < -0.4 is 22.5 Å². The van der Waals surface area contributed by atoms with Gasteiger partial charge in [-0.1, -0.05) is 273 Å². The van der Waals surface area contributed by atoms with E-state index in [9.17, 15) is 39.6 Å². The summed E-state index contributed by atoms with van der Waals surface area (Å²) in [5.41, 5.74) is 6.05. The Morgan fingerprint density at radius 3 is 1.17 bits per heavy atom. The molecule has 11 rings (SSSR count). The van der Waals surface area contributed by atoms with Crippen LogP contribution in [0.3, 0.4) is 0 Å². The second kappa shape index (κ2) is 51.8. The lowest BCUT2D eigenvalue weighted by atomic mass is 9.79. The van der Waals surface area contributed by atoms with Crippen LogP contribution in [-0.4, -0.2) is 88.9 Å². The highest BCUT2D eigenvalue weighted by atomic mass is 35.5. The number of hydrogen-bond donors (Lipinski definition) is 6. The van der Waals surface area contributed by atoms with E-state index in [0.717, 1.165) is 116 Å². The van der Waals surface area contributed by atoms with Gasteiger partial charge < -0.3 is 39.4 Å². The molecule has 0 amide bonds. The van der Waals surface area contributed by atoms with Gasteiger partial charge in [0.1, 0.15) is 24.4 Å². The third-order valence-corrected chi connectivity index (χ3v) is 15.9. The molecule has 0 aliphatic carbocycles. The Bertz CT molecular complexity index is 3390. The quantitative estimate of drug-likeness (QED) is 0.0441. The van der Waals surface area contributed by atoms with Gasteiger partial charge in [-0.2, -0.15) is 0 Å². The number of aromatic amines is 2. The number of ether oxygens (including phenoxy) is 4. The lowest BCUT2D eigenvalue weighted by Crippen LogP contribution is -2.47. The number of aromatic nitrogens is 4. The van der Waals surface area contributed by atoms with Gasteiger partial charge in [-0.15, -0.1) is 23.2 Å². The number of aliphatic hydroxyl groups is 4. The number of aliphatic hydroxyl groups excluding tert-OH is 4. The van der Waals surface area contributed by atoms with E-state index >= 15 is 0 Å². The highest BCUT2D eigenvalue weighted by Crippen LogP contribution is 2.55. The Kier molecular flexibility index (Phi) is 48.5. The topological polar surface area (TPSA) is 228 Å². The zero-order chi connectivity index (χ0) is 74.4. The zero-order valence-corrected chi connectivity index (χ0v) is 64.1.